The number of sulfonamides is 1. The third-order valence-corrected chi connectivity index (χ3v) is 6.26. The van der Waals surface area contributed by atoms with Crippen molar-refractivity contribution in [3.63, 3.8) is 0 Å². The summed E-state index contributed by atoms with van der Waals surface area (Å²) in [5, 5.41) is 5.19. The molecule has 21 heavy (non-hydrogen) atoms. The van der Waals surface area contributed by atoms with E-state index in [1.54, 1.807) is 6.07 Å². The molecule has 0 fully saturated rings. The van der Waals surface area contributed by atoms with E-state index in [9.17, 15) is 8.42 Å². The van der Waals surface area contributed by atoms with E-state index < -0.39 is 10.0 Å². The first-order valence-electron chi connectivity index (χ1n) is 7.65. The van der Waals surface area contributed by atoms with Crippen LogP contribution >= 0.6 is 11.3 Å². The van der Waals surface area contributed by atoms with Crippen LogP contribution in [0.15, 0.2) is 15.7 Å². The topological polar surface area (TPSA) is 58.2 Å². The molecule has 1 rings (SSSR count). The highest BCUT2D eigenvalue weighted by molar-refractivity contribution is 7.91. The van der Waals surface area contributed by atoms with Crippen LogP contribution in [0.25, 0.3) is 0 Å². The summed E-state index contributed by atoms with van der Waals surface area (Å²) in [4.78, 5) is 0. The Hall–Kier alpha value is -0.430. The van der Waals surface area contributed by atoms with Crippen LogP contribution in [0.5, 0.6) is 0 Å². The van der Waals surface area contributed by atoms with Gasteiger partial charge in [-0.2, -0.15) is 0 Å². The maximum absolute atomic E-state index is 12.3. The smallest absolute Gasteiger partial charge is 0.250 e. The summed E-state index contributed by atoms with van der Waals surface area (Å²) in [6.07, 6.45) is 2.97. The van der Waals surface area contributed by atoms with Gasteiger partial charge in [0.25, 0.3) is 0 Å². The zero-order valence-electron chi connectivity index (χ0n) is 13.5. The van der Waals surface area contributed by atoms with E-state index in [0.29, 0.717) is 10.1 Å². The van der Waals surface area contributed by atoms with Crippen LogP contribution < -0.4 is 10.0 Å². The predicted molar refractivity (Wildman–Crippen MR) is 90.2 cm³/mol. The molecule has 2 N–H and O–H groups in total. The summed E-state index contributed by atoms with van der Waals surface area (Å²) in [6, 6.07) is 1.74. The average molecular weight is 333 g/mol. The SMILES string of the molecule is CCCNCc1csc(S(=O)(=O)NC(C)CCC(C)C)c1. The van der Waals surface area contributed by atoms with E-state index in [0.717, 1.165) is 37.9 Å². The Balaban J connectivity index is 2.57. The Labute approximate surface area is 133 Å². The van der Waals surface area contributed by atoms with Gasteiger partial charge in [-0.15, -0.1) is 11.3 Å². The Morgan fingerprint density at radius 2 is 1.95 bits per heavy atom. The molecular formula is C15H28N2O2S2. The summed E-state index contributed by atoms with van der Waals surface area (Å²) in [6.45, 7) is 10.0. The standard InChI is InChI=1S/C15H28N2O2S2/c1-5-8-16-10-14-9-15(20-11-14)21(18,19)17-13(4)7-6-12(2)3/h9,11-13,16-17H,5-8,10H2,1-4H3. The first-order valence-corrected chi connectivity index (χ1v) is 10.0. The van der Waals surface area contributed by atoms with Gasteiger partial charge in [0.1, 0.15) is 4.21 Å². The maximum Gasteiger partial charge on any atom is 0.250 e. The van der Waals surface area contributed by atoms with Crippen molar-refractivity contribution in [3.8, 4) is 0 Å². The quantitative estimate of drug-likeness (QED) is 0.646. The van der Waals surface area contributed by atoms with Crippen LogP contribution in [-0.4, -0.2) is 21.0 Å². The third kappa shape index (κ3) is 6.91. The Morgan fingerprint density at radius 1 is 1.24 bits per heavy atom. The fraction of sp³-hybridized carbons (Fsp3) is 0.733. The molecule has 4 nitrogen and oxygen atoms in total. The Morgan fingerprint density at radius 3 is 2.57 bits per heavy atom. The lowest BCUT2D eigenvalue weighted by atomic mass is 10.1. The lowest BCUT2D eigenvalue weighted by molar-refractivity contribution is 0.486. The van der Waals surface area contributed by atoms with Crippen molar-refractivity contribution in [2.24, 2.45) is 5.92 Å². The number of thiophene rings is 1. The molecule has 0 aliphatic rings. The number of hydrogen-bond acceptors (Lipinski definition) is 4. The molecular weight excluding hydrogens is 304 g/mol. The highest BCUT2D eigenvalue weighted by Crippen LogP contribution is 2.21. The molecule has 122 valence electrons. The van der Waals surface area contributed by atoms with Gasteiger partial charge in [-0.25, -0.2) is 13.1 Å². The van der Waals surface area contributed by atoms with E-state index in [-0.39, 0.29) is 6.04 Å². The van der Waals surface area contributed by atoms with Crippen LogP contribution in [0.4, 0.5) is 0 Å². The highest BCUT2D eigenvalue weighted by Gasteiger charge is 2.19. The second kappa shape index (κ2) is 8.88. The molecule has 0 radical (unpaired) electrons. The van der Waals surface area contributed by atoms with Crippen molar-refractivity contribution in [2.45, 2.75) is 63.8 Å². The van der Waals surface area contributed by atoms with Crippen molar-refractivity contribution in [3.05, 3.63) is 17.0 Å². The molecule has 1 aromatic rings. The number of nitrogens with one attached hydrogen (secondary N) is 2. The van der Waals surface area contributed by atoms with Crippen LogP contribution in [-0.2, 0) is 16.6 Å². The van der Waals surface area contributed by atoms with E-state index in [4.69, 9.17) is 0 Å². The van der Waals surface area contributed by atoms with Gasteiger partial charge in [0.2, 0.25) is 10.0 Å². The van der Waals surface area contributed by atoms with Gasteiger partial charge in [-0.1, -0.05) is 20.8 Å². The summed E-state index contributed by atoms with van der Waals surface area (Å²) >= 11 is 1.29. The highest BCUT2D eigenvalue weighted by atomic mass is 32.2. The minimum Gasteiger partial charge on any atom is -0.313 e. The van der Waals surface area contributed by atoms with Crippen LogP contribution in [0.2, 0.25) is 0 Å². The van der Waals surface area contributed by atoms with Crippen molar-refractivity contribution in [2.75, 3.05) is 6.54 Å². The van der Waals surface area contributed by atoms with Gasteiger partial charge < -0.3 is 5.32 Å². The molecule has 1 unspecified atom stereocenters. The molecule has 0 aliphatic heterocycles. The second-order valence-electron chi connectivity index (χ2n) is 5.94. The van der Waals surface area contributed by atoms with E-state index in [2.05, 4.69) is 30.8 Å². The molecule has 1 aromatic heterocycles. The predicted octanol–water partition coefficient (Wildman–Crippen LogP) is 3.35. The third-order valence-electron chi connectivity index (χ3n) is 3.18. The van der Waals surface area contributed by atoms with Crippen molar-refractivity contribution < 1.29 is 8.42 Å². The minimum atomic E-state index is -3.38. The molecule has 0 aromatic carbocycles. The lowest BCUT2D eigenvalue weighted by Crippen LogP contribution is -2.32. The molecule has 0 saturated carbocycles. The van der Waals surface area contributed by atoms with Gasteiger partial charge in [-0.05, 0) is 55.7 Å². The summed E-state index contributed by atoms with van der Waals surface area (Å²) in [5.74, 6) is 0.593. The zero-order chi connectivity index (χ0) is 15.9. The van der Waals surface area contributed by atoms with E-state index in [1.807, 2.05) is 12.3 Å². The summed E-state index contributed by atoms with van der Waals surface area (Å²) in [5.41, 5.74) is 1.03. The molecule has 1 atom stereocenters. The Bertz CT molecular complexity index is 509. The molecule has 0 aliphatic carbocycles. The van der Waals surface area contributed by atoms with Gasteiger partial charge in [0.15, 0.2) is 0 Å². The van der Waals surface area contributed by atoms with E-state index >= 15 is 0 Å². The van der Waals surface area contributed by atoms with Crippen LogP contribution in [0, 0.1) is 5.92 Å². The van der Waals surface area contributed by atoms with E-state index in [1.165, 1.54) is 11.3 Å². The zero-order valence-corrected chi connectivity index (χ0v) is 15.1. The fourth-order valence-corrected chi connectivity index (χ4v) is 4.47. The van der Waals surface area contributed by atoms with Crippen molar-refractivity contribution in [1.82, 2.24) is 10.0 Å². The average Bonchev–Trinajstić information content (AvgIpc) is 2.86. The monoisotopic (exact) mass is 332 g/mol. The van der Waals surface area contributed by atoms with Gasteiger partial charge >= 0.3 is 0 Å². The summed E-state index contributed by atoms with van der Waals surface area (Å²) < 4.78 is 27.8. The Kier molecular flexibility index (Phi) is 7.87. The van der Waals surface area contributed by atoms with Gasteiger partial charge in [0.05, 0.1) is 0 Å². The van der Waals surface area contributed by atoms with Gasteiger partial charge in [0, 0.05) is 12.6 Å². The molecule has 1 heterocycles. The van der Waals surface area contributed by atoms with Crippen molar-refractivity contribution >= 4 is 21.4 Å². The first kappa shape index (κ1) is 18.6. The first-order chi connectivity index (χ1) is 9.85. The maximum atomic E-state index is 12.3. The normalized spacial score (nSPS) is 13.8. The molecule has 0 amide bonds. The lowest BCUT2D eigenvalue weighted by Gasteiger charge is -2.14. The molecule has 0 saturated heterocycles. The van der Waals surface area contributed by atoms with Crippen LogP contribution in [0.1, 0.15) is 52.5 Å². The molecule has 0 bridgehead atoms. The molecule has 6 heteroatoms. The van der Waals surface area contributed by atoms with Crippen molar-refractivity contribution in [1.29, 1.82) is 0 Å². The largest absolute Gasteiger partial charge is 0.313 e. The number of rotatable bonds is 10. The minimum absolute atomic E-state index is 0.0267. The van der Waals surface area contributed by atoms with Crippen LogP contribution in [0.3, 0.4) is 0 Å². The fourth-order valence-electron chi connectivity index (χ4n) is 1.96. The number of hydrogen-bond donors (Lipinski definition) is 2. The second-order valence-corrected chi connectivity index (χ2v) is 8.80. The summed E-state index contributed by atoms with van der Waals surface area (Å²) in [7, 11) is -3.38. The molecule has 0 spiro atoms. The van der Waals surface area contributed by atoms with Gasteiger partial charge in [-0.3, -0.25) is 0 Å².